The molecule has 0 saturated heterocycles. The number of methoxy groups -OCH3 is 1. The topological polar surface area (TPSA) is 73.0 Å². The highest BCUT2D eigenvalue weighted by Gasteiger charge is 2.08. The van der Waals surface area contributed by atoms with Crippen LogP contribution in [0.1, 0.15) is 18.2 Å². The van der Waals surface area contributed by atoms with E-state index in [0.29, 0.717) is 18.2 Å². The highest BCUT2D eigenvalue weighted by Crippen LogP contribution is 2.22. The zero-order valence-electron chi connectivity index (χ0n) is 12.3. The molecule has 0 aromatic carbocycles. The number of hydrogen-bond donors (Lipinski definition) is 1. The summed E-state index contributed by atoms with van der Waals surface area (Å²) >= 11 is 0. The van der Waals surface area contributed by atoms with Crippen LogP contribution in [-0.2, 0) is 4.74 Å². The van der Waals surface area contributed by atoms with E-state index >= 15 is 0 Å². The maximum absolute atomic E-state index is 7.54. The third kappa shape index (κ3) is 3.68. The van der Waals surface area contributed by atoms with Gasteiger partial charge in [-0.3, -0.25) is 9.98 Å². The lowest BCUT2D eigenvalue weighted by Crippen LogP contribution is -2.00. The number of rotatable bonds is 5. The zero-order chi connectivity index (χ0) is 15.2. The summed E-state index contributed by atoms with van der Waals surface area (Å²) in [5, 5.41) is 7.54. The standard InChI is InChI=1S/C15H18N4O2/c1-4-21-14(16)6-5-12-7-13(20-3)15(17-8-12)19-9-11(2)18-10-19/h5-10,16H,4H2,1-3H3. The maximum atomic E-state index is 7.54. The first-order valence-corrected chi connectivity index (χ1v) is 6.58. The van der Waals surface area contributed by atoms with E-state index in [9.17, 15) is 0 Å². The summed E-state index contributed by atoms with van der Waals surface area (Å²) in [6, 6.07) is 1.85. The molecule has 21 heavy (non-hydrogen) atoms. The van der Waals surface area contributed by atoms with Gasteiger partial charge in [-0.1, -0.05) is 0 Å². The van der Waals surface area contributed by atoms with Crippen LogP contribution in [0.3, 0.4) is 0 Å². The number of aryl methyl sites for hydroxylation is 1. The molecule has 0 aliphatic rings. The molecule has 0 atom stereocenters. The van der Waals surface area contributed by atoms with Crippen molar-refractivity contribution in [1.82, 2.24) is 14.5 Å². The van der Waals surface area contributed by atoms with E-state index in [4.69, 9.17) is 14.9 Å². The van der Waals surface area contributed by atoms with Gasteiger partial charge < -0.3 is 9.47 Å². The quantitative estimate of drug-likeness (QED) is 0.677. The molecule has 0 spiro atoms. The highest BCUT2D eigenvalue weighted by molar-refractivity contribution is 5.89. The van der Waals surface area contributed by atoms with Crippen molar-refractivity contribution < 1.29 is 9.47 Å². The number of ether oxygens (including phenoxy) is 2. The zero-order valence-corrected chi connectivity index (χ0v) is 12.3. The number of nitrogens with zero attached hydrogens (tertiary/aromatic N) is 3. The van der Waals surface area contributed by atoms with E-state index in [1.54, 1.807) is 31.8 Å². The van der Waals surface area contributed by atoms with E-state index in [1.165, 1.54) is 0 Å². The van der Waals surface area contributed by atoms with Gasteiger partial charge in [-0.25, -0.2) is 9.97 Å². The minimum absolute atomic E-state index is 0.116. The lowest BCUT2D eigenvalue weighted by atomic mass is 10.2. The van der Waals surface area contributed by atoms with E-state index in [0.717, 1.165) is 11.3 Å². The Morgan fingerprint density at radius 1 is 1.43 bits per heavy atom. The third-order valence-corrected chi connectivity index (χ3v) is 2.76. The number of pyridine rings is 1. The second-order valence-corrected chi connectivity index (χ2v) is 4.35. The average Bonchev–Trinajstić information content (AvgIpc) is 2.91. The molecule has 0 fully saturated rings. The molecule has 0 bridgehead atoms. The Morgan fingerprint density at radius 3 is 2.86 bits per heavy atom. The van der Waals surface area contributed by atoms with Crippen LogP contribution in [0.5, 0.6) is 5.75 Å². The van der Waals surface area contributed by atoms with Crippen LogP contribution in [0.4, 0.5) is 0 Å². The van der Waals surface area contributed by atoms with Gasteiger partial charge >= 0.3 is 0 Å². The largest absolute Gasteiger partial charge is 0.493 e. The summed E-state index contributed by atoms with van der Waals surface area (Å²) in [7, 11) is 1.60. The van der Waals surface area contributed by atoms with Gasteiger partial charge in [0.25, 0.3) is 0 Å². The Labute approximate surface area is 123 Å². The Balaban J connectivity index is 2.26. The predicted molar refractivity (Wildman–Crippen MR) is 81.0 cm³/mol. The molecule has 2 rings (SSSR count). The van der Waals surface area contributed by atoms with E-state index in [2.05, 4.69) is 9.97 Å². The van der Waals surface area contributed by atoms with Gasteiger partial charge in [-0.15, -0.1) is 0 Å². The molecule has 2 aromatic rings. The minimum atomic E-state index is 0.116. The molecule has 6 heteroatoms. The summed E-state index contributed by atoms with van der Waals surface area (Å²) < 4.78 is 12.2. The third-order valence-electron chi connectivity index (χ3n) is 2.76. The smallest absolute Gasteiger partial charge is 0.205 e. The molecule has 1 N–H and O–H groups in total. The molecule has 0 aliphatic heterocycles. The second-order valence-electron chi connectivity index (χ2n) is 4.35. The highest BCUT2D eigenvalue weighted by atomic mass is 16.5. The summed E-state index contributed by atoms with van der Waals surface area (Å²) in [6.45, 7) is 4.23. The molecule has 2 aromatic heterocycles. The van der Waals surface area contributed by atoms with Crippen molar-refractivity contribution >= 4 is 12.0 Å². The van der Waals surface area contributed by atoms with E-state index in [-0.39, 0.29) is 5.90 Å². The Bertz CT molecular complexity index is 661. The van der Waals surface area contributed by atoms with Gasteiger partial charge in [0.15, 0.2) is 11.6 Å². The second kappa shape index (κ2) is 6.69. The van der Waals surface area contributed by atoms with Crippen LogP contribution >= 0.6 is 0 Å². The first kappa shape index (κ1) is 14.8. The molecule has 110 valence electrons. The molecular weight excluding hydrogens is 268 g/mol. The SMILES string of the molecule is CCOC(=N)C=Cc1cnc(-n2cnc(C)c2)c(OC)c1. The molecular formula is C15H18N4O2. The van der Waals surface area contributed by atoms with Crippen LogP contribution < -0.4 is 4.74 Å². The molecule has 0 radical (unpaired) electrons. The number of nitrogens with one attached hydrogen (secondary N) is 1. The fourth-order valence-corrected chi connectivity index (χ4v) is 1.80. The van der Waals surface area contributed by atoms with Crippen LogP contribution in [0.25, 0.3) is 11.9 Å². The van der Waals surface area contributed by atoms with Gasteiger partial charge in [0.1, 0.15) is 6.33 Å². The van der Waals surface area contributed by atoms with Crippen molar-refractivity contribution in [1.29, 1.82) is 5.41 Å². The van der Waals surface area contributed by atoms with Gasteiger partial charge in [0.05, 0.1) is 19.4 Å². The molecule has 6 nitrogen and oxygen atoms in total. The Morgan fingerprint density at radius 2 is 2.24 bits per heavy atom. The fraction of sp³-hybridized carbons (Fsp3) is 0.267. The van der Waals surface area contributed by atoms with Crippen molar-refractivity contribution in [2.45, 2.75) is 13.8 Å². The molecule has 0 aliphatic carbocycles. The Kier molecular flexibility index (Phi) is 4.71. The molecule has 2 heterocycles. The summed E-state index contributed by atoms with van der Waals surface area (Å²) in [4.78, 5) is 8.57. The lowest BCUT2D eigenvalue weighted by molar-refractivity contribution is 0.327. The summed E-state index contributed by atoms with van der Waals surface area (Å²) in [5.41, 5.74) is 1.74. The van der Waals surface area contributed by atoms with Gasteiger partial charge in [0.2, 0.25) is 5.90 Å². The van der Waals surface area contributed by atoms with Crippen LogP contribution in [-0.4, -0.2) is 34.1 Å². The number of hydrogen-bond acceptors (Lipinski definition) is 5. The van der Waals surface area contributed by atoms with Gasteiger partial charge in [-0.05, 0) is 31.6 Å². The average molecular weight is 286 g/mol. The fourth-order valence-electron chi connectivity index (χ4n) is 1.80. The summed E-state index contributed by atoms with van der Waals surface area (Å²) in [5.74, 6) is 1.43. The van der Waals surface area contributed by atoms with Crippen LogP contribution in [0.2, 0.25) is 0 Å². The Hall–Kier alpha value is -2.63. The van der Waals surface area contributed by atoms with Crippen molar-refractivity contribution in [2.75, 3.05) is 13.7 Å². The lowest BCUT2D eigenvalue weighted by Gasteiger charge is -2.08. The predicted octanol–water partition coefficient (Wildman–Crippen LogP) is 2.61. The minimum Gasteiger partial charge on any atom is -0.493 e. The molecule has 0 saturated carbocycles. The first-order valence-electron chi connectivity index (χ1n) is 6.58. The van der Waals surface area contributed by atoms with Crippen molar-refractivity contribution in [3.63, 3.8) is 0 Å². The number of aromatic nitrogens is 3. The number of imidazole rings is 1. The van der Waals surface area contributed by atoms with Gasteiger partial charge in [0, 0.05) is 18.5 Å². The normalized spacial score (nSPS) is 10.8. The van der Waals surface area contributed by atoms with Crippen molar-refractivity contribution in [2.24, 2.45) is 0 Å². The van der Waals surface area contributed by atoms with Crippen molar-refractivity contribution in [3.8, 4) is 11.6 Å². The van der Waals surface area contributed by atoms with Gasteiger partial charge in [-0.2, -0.15) is 0 Å². The molecule has 0 amide bonds. The summed E-state index contributed by atoms with van der Waals surface area (Å²) in [6.07, 6.45) is 8.63. The molecule has 0 unspecified atom stereocenters. The monoisotopic (exact) mass is 286 g/mol. The van der Waals surface area contributed by atoms with Crippen molar-refractivity contribution in [3.05, 3.63) is 42.1 Å². The maximum Gasteiger partial charge on any atom is 0.205 e. The van der Waals surface area contributed by atoms with Crippen LogP contribution in [0, 0.1) is 12.3 Å². The van der Waals surface area contributed by atoms with E-state index in [1.807, 2.05) is 30.7 Å². The van der Waals surface area contributed by atoms with E-state index < -0.39 is 0 Å². The first-order chi connectivity index (χ1) is 10.1. The van der Waals surface area contributed by atoms with Crippen LogP contribution in [0.15, 0.2) is 30.9 Å².